The van der Waals surface area contributed by atoms with Crippen LogP contribution in [0.15, 0.2) is 20.5 Å². The second-order valence-electron chi connectivity index (χ2n) is 5.23. The van der Waals surface area contributed by atoms with Gasteiger partial charge in [-0.1, -0.05) is 41.8 Å². The minimum absolute atomic E-state index is 0.172. The summed E-state index contributed by atoms with van der Waals surface area (Å²) < 4.78 is 2.41. The molecule has 0 radical (unpaired) electrons. The Kier molecular flexibility index (Phi) is 4.48. The molecule has 12 heteroatoms. The monoisotopic (exact) mass is 395 g/mol. The van der Waals surface area contributed by atoms with Gasteiger partial charge in [-0.25, -0.2) is 4.98 Å². The molecule has 130 valence electrons. The van der Waals surface area contributed by atoms with Crippen LogP contribution in [-0.2, 0) is 4.79 Å². The average molecular weight is 395 g/mol. The maximum atomic E-state index is 12.6. The summed E-state index contributed by atoms with van der Waals surface area (Å²) in [6.45, 7) is 2.03. The van der Waals surface area contributed by atoms with E-state index >= 15 is 0 Å². The summed E-state index contributed by atoms with van der Waals surface area (Å²) in [5, 5.41) is 18.8. The molecule has 1 aliphatic heterocycles. The van der Waals surface area contributed by atoms with Crippen LogP contribution in [0, 0.1) is 0 Å². The van der Waals surface area contributed by atoms with Crippen molar-refractivity contribution in [2.45, 2.75) is 28.9 Å². The van der Waals surface area contributed by atoms with E-state index in [2.05, 4.69) is 30.7 Å². The summed E-state index contributed by atoms with van der Waals surface area (Å²) >= 11 is 4.39. The molecule has 1 unspecified atom stereocenters. The average Bonchev–Trinajstić information content (AvgIpc) is 3.29. The first-order valence-corrected chi connectivity index (χ1v) is 10.3. The van der Waals surface area contributed by atoms with E-state index in [9.17, 15) is 9.59 Å². The third kappa shape index (κ3) is 3.16. The summed E-state index contributed by atoms with van der Waals surface area (Å²) in [7, 11) is 0. The predicted molar refractivity (Wildman–Crippen MR) is 97.5 cm³/mol. The topological polar surface area (TPSA) is 118 Å². The first-order chi connectivity index (χ1) is 12.2. The number of hydrogen-bond acceptors (Lipinski definition) is 9. The van der Waals surface area contributed by atoms with Crippen LogP contribution in [0.4, 0.5) is 5.13 Å². The van der Waals surface area contributed by atoms with Crippen molar-refractivity contribution >= 4 is 56.9 Å². The number of nitrogens with zero attached hydrogens (tertiary/aromatic N) is 5. The van der Waals surface area contributed by atoms with Crippen molar-refractivity contribution in [3.05, 3.63) is 16.6 Å². The van der Waals surface area contributed by atoms with Crippen LogP contribution in [0.25, 0.3) is 11.0 Å². The van der Waals surface area contributed by atoms with Crippen molar-refractivity contribution in [2.75, 3.05) is 16.8 Å². The highest BCUT2D eigenvalue weighted by molar-refractivity contribution is 8.01. The Morgan fingerprint density at radius 2 is 2.40 bits per heavy atom. The van der Waals surface area contributed by atoms with Crippen LogP contribution < -0.4 is 10.9 Å². The lowest BCUT2D eigenvalue weighted by Gasteiger charge is -2.12. The summed E-state index contributed by atoms with van der Waals surface area (Å²) in [5.74, 6) is 1.33. The number of amides is 1. The molecular weight excluding hydrogens is 382 g/mol. The van der Waals surface area contributed by atoms with Crippen molar-refractivity contribution in [2.24, 2.45) is 0 Å². The smallest absolute Gasteiger partial charge is 0.265 e. The molecule has 1 aliphatic rings. The zero-order chi connectivity index (χ0) is 17.4. The number of aromatic nitrogens is 6. The van der Waals surface area contributed by atoms with Crippen LogP contribution >= 0.6 is 34.9 Å². The van der Waals surface area contributed by atoms with E-state index in [4.69, 9.17) is 0 Å². The number of fused-ring (bicyclic) bond motifs is 2. The fraction of sp³-hybridized carbons (Fsp3) is 0.385. The third-order valence-electron chi connectivity index (χ3n) is 3.59. The van der Waals surface area contributed by atoms with E-state index in [0.717, 1.165) is 10.1 Å². The van der Waals surface area contributed by atoms with Gasteiger partial charge in [0, 0.05) is 12.2 Å². The molecule has 4 heterocycles. The van der Waals surface area contributed by atoms with Crippen molar-refractivity contribution in [1.82, 2.24) is 29.9 Å². The number of rotatable bonds is 5. The molecule has 0 saturated heterocycles. The van der Waals surface area contributed by atoms with Crippen LogP contribution in [0.3, 0.4) is 0 Å². The molecule has 0 saturated carbocycles. The van der Waals surface area contributed by atoms with E-state index in [1.165, 1.54) is 29.3 Å². The number of nitrogens with one attached hydrogen (secondary N) is 2. The Morgan fingerprint density at radius 3 is 3.24 bits per heavy atom. The van der Waals surface area contributed by atoms with E-state index in [1.807, 2.05) is 6.92 Å². The number of carbonyl (C=O) groups is 1. The molecule has 1 atom stereocenters. The summed E-state index contributed by atoms with van der Waals surface area (Å²) in [6, 6.07) is -0.239. The predicted octanol–water partition coefficient (Wildman–Crippen LogP) is 1.76. The largest absolute Gasteiger partial charge is 0.300 e. The zero-order valence-corrected chi connectivity index (χ0v) is 15.5. The highest BCUT2D eigenvalue weighted by Crippen LogP contribution is 2.33. The number of hydrogen-bond donors (Lipinski definition) is 2. The zero-order valence-electron chi connectivity index (χ0n) is 13.1. The molecule has 3 aromatic heterocycles. The Balaban J connectivity index is 1.51. The minimum Gasteiger partial charge on any atom is -0.300 e. The van der Waals surface area contributed by atoms with Crippen molar-refractivity contribution < 1.29 is 4.79 Å². The molecule has 9 nitrogen and oxygen atoms in total. The molecule has 0 fully saturated rings. The Bertz CT molecular complexity index is 995. The van der Waals surface area contributed by atoms with E-state index in [-0.39, 0.29) is 23.9 Å². The highest BCUT2D eigenvalue weighted by Gasteiger charge is 2.29. The normalized spacial score (nSPS) is 16.3. The van der Waals surface area contributed by atoms with Crippen molar-refractivity contribution in [1.29, 1.82) is 0 Å². The molecular formula is C13H13N7O2S3. The number of aromatic amines is 1. The van der Waals surface area contributed by atoms with E-state index < -0.39 is 0 Å². The summed E-state index contributed by atoms with van der Waals surface area (Å²) in [5.41, 5.74) is 0.303. The fourth-order valence-corrected chi connectivity index (χ4v) is 5.33. The Hall–Kier alpha value is -1.92. The van der Waals surface area contributed by atoms with Gasteiger partial charge in [0.25, 0.3) is 5.56 Å². The van der Waals surface area contributed by atoms with Gasteiger partial charge in [-0.3, -0.25) is 19.3 Å². The van der Waals surface area contributed by atoms with Gasteiger partial charge in [-0.2, -0.15) is 5.10 Å². The van der Waals surface area contributed by atoms with Crippen LogP contribution in [-0.4, -0.2) is 47.4 Å². The summed E-state index contributed by atoms with van der Waals surface area (Å²) in [6.07, 6.45) is 1.65. The number of carbonyl (C=O) groups excluding carboxylic acids is 1. The maximum Gasteiger partial charge on any atom is 0.265 e. The van der Waals surface area contributed by atoms with E-state index in [1.54, 1.807) is 16.3 Å². The lowest BCUT2D eigenvalue weighted by atomic mass is 10.2. The van der Waals surface area contributed by atoms with Crippen molar-refractivity contribution in [3.8, 4) is 0 Å². The maximum absolute atomic E-state index is 12.6. The van der Waals surface area contributed by atoms with Gasteiger partial charge >= 0.3 is 0 Å². The van der Waals surface area contributed by atoms with Gasteiger partial charge in [0.1, 0.15) is 5.39 Å². The molecule has 0 aliphatic carbocycles. The Labute approximate surface area is 154 Å². The first kappa shape index (κ1) is 16.5. The molecule has 1 amide bonds. The molecule has 2 N–H and O–H groups in total. The van der Waals surface area contributed by atoms with Crippen LogP contribution in [0.1, 0.15) is 19.4 Å². The van der Waals surface area contributed by atoms with Crippen LogP contribution in [0.2, 0.25) is 0 Å². The van der Waals surface area contributed by atoms with Crippen LogP contribution in [0.5, 0.6) is 0 Å². The van der Waals surface area contributed by atoms with Gasteiger partial charge < -0.3 is 5.32 Å². The molecule has 0 aromatic carbocycles. The van der Waals surface area contributed by atoms with Gasteiger partial charge in [0.15, 0.2) is 15.1 Å². The fourth-order valence-electron chi connectivity index (χ4n) is 2.53. The molecule has 25 heavy (non-hydrogen) atoms. The lowest BCUT2D eigenvalue weighted by Crippen LogP contribution is -2.27. The first-order valence-electron chi connectivity index (χ1n) is 7.50. The molecule has 0 spiro atoms. The van der Waals surface area contributed by atoms with E-state index in [0.29, 0.717) is 27.1 Å². The highest BCUT2D eigenvalue weighted by atomic mass is 32.2. The molecule has 3 aromatic rings. The second-order valence-corrected chi connectivity index (χ2v) is 8.70. The quantitative estimate of drug-likeness (QED) is 0.381. The van der Waals surface area contributed by atoms with Gasteiger partial charge in [0.2, 0.25) is 11.0 Å². The standard InChI is InChI=1S/C13H13N7O2S3/c1-2-23-13-19-18-11(25-13)15-8(21)3-6-5-24-12-16-9-7(4-14-17-9)10(22)20(6)12/h4,6H,2-3,5H2,1H3,(H,14,17)(H,15,18,21). The SMILES string of the molecule is CCSc1nnc(NC(=O)CC2CSc3nc4[nH]ncc4c(=O)n32)s1. The van der Waals surface area contributed by atoms with Gasteiger partial charge in [-0.15, -0.1) is 10.2 Å². The summed E-state index contributed by atoms with van der Waals surface area (Å²) in [4.78, 5) is 29.3. The van der Waals surface area contributed by atoms with Gasteiger partial charge in [-0.05, 0) is 5.75 Å². The molecule has 4 rings (SSSR count). The molecule has 0 bridgehead atoms. The lowest BCUT2D eigenvalue weighted by molar-refractivity contribution is -0.116. The second kappa shape index (κ2) is 6.77. The number of anilines is 1. The van der Waals surface area contributed by atoms with Gasteiger partial charge in [0.05, 0.1) is 12.2 Å². The Morgan fingerprint density at radius 1 is 1.52 bits per heavy atom. The number of H-pyrrole nitrogens is 1. The minimum atomic E-state index is -0.239. The van der Waals surface area contributed by atoms with Crippen molar-refractivity contribution in [3.63, 3.8) is 0 Å². The number of thioether (sulfide) groups is 2. The third-order valence-corrected chi connectivity index (χ3v) is 6.55.